The number of halogens is 2. The normalized spacial score (nSPS) is 13.3. The first-order chi connectivity index (χ1) is 8.12. The number of anilines is 1. The lowest BCUT2D eigenvalue weighted by atomic mass is 9.87. The lowest BCUT2D eigenvalue weighted by Crippen LogP contribution is -2.45. The van der Waals surface area contributed by atoms with Crippen LogP contribution in [0, 0.1) is 12.3 Å². The predicted octanol–water partition coefficient (Wildman–Crippen LogP) is 3.72. The molecule has 0 spiro atoms. The number of aryl methyl sites for hydroxylation is 1. The lowest BCUT2D eigenvalue weighted by molar-refractivity contribution is -0.119. The lowest BCUT2D eigenvalue weighted by Gasteiger charge is -2.26. The Morgan fingerprint density at radius 2 is 2.00 bits per heavy atom. The summed E-state index contributed by atoms with van der Waals surface area (Å²) < 4.78 is 0.791. The minimum absolute atomic E-state index is 0.219. The molecule has 0 aliphatic heterocycles. The van der Waals surface area contributed by atoms with E-state index in [0.29, 0.717) is 10.7 Å². The fourth-order valence-corrected chi connectivity index (χ4v) is 2.07. The maximum Gasteiger partial charge on any atom is 0.241 e. The fraction of sp³-hybridized carbons (Fsp3) is 0.462. The molecule has 0 aliphatic carbocycles. The molecule has 0 saturated carbocycles. The third-order valence-corrected chi connectivity index (χ3v) is 3.78. The van der Waals surface area contributed by atoms with Crippen molar-refractivity contribution in [2.45, 2.75) is 33.7 Å². The Hall–Kier alpha value is -0.580. The molecular formula is C13H18BrClN2O. The van der Waals surface area contributed by atoms with Crippen molar-refractivity contribution in [1.82, 2.24) is 0 Å². The molecule has 1 amide bonds. The van der Waals surface area contributed by atoms with E-state index in [9.17, 15) is 4.79 Å². The van der Waals surface area contributed by atoms with Crippen LogP contribution in [0.1, 0.15) is 26.3 Å². The molecule has 1 atom stereocenters. The number of hydrogen-bond donors (Lipinski definition) is 2. The van der Waals surface area contributed by atoms with Gasteiger partial charge in [-0.25, -0.2) is 0 Å². The Balaban J connectivity index is 2.92. The van der Waals surface area contributed by atoms with Crippen molar-refractivity contribution in [1.29, 1.82) is 0 Å². The van der Waals surface area contributed by atoms with Crippen LogP contribution in [-0.2, 0) is 4.79 Å². The van der Waals surface area contributed by atoms with E-state index in [4.69, 9.17) is 17.3 Å². The van der Waals surface area contributed by atoms with Gasteiger partial charge in [-0.3, -0.25) is 4.79 Å². The molecule has 0 aliphatic rings. The van der Waals surface area contributed by atoms with Crippen LogP contribution in [0.15, 0.2) is 16.6 Å². The van der Waals surface area contributed by atoms with E-state index in [2.05, 4.69) is 21.2 Å². The molecule has 0 saturated heterocycles. The molecule has 3 nitrogen and oxygen atoms in total. The monoisotopic (exact) mass is 332 g/mol. The molecule has 3 N–H and O–H groups in total. The molecule has 0 radical (unpaired) electrons. The Kier molecular flexibility index (Phi) is 4.81. The number of hydrogen-bond acceptors (Lipinski definition) is 2. The summed E-state index contributed by atoms with van der Waals surface area (Å²) in [5, 5.41) is 3.40. The van der Waals surface area contributed by atoms with Gasteiger partial charge in [0.15, 0.2) is 0 Å². The highest BCUT2D eigenvalue weighted by Crippen LogP contribution is 2.29. The van der Waals surface area contributed by atoms with Crippen LogP contribution in [-0.4, -0.2) is 11.9 Å². The van der Waals surface area contributed by atoms with E-state index in [0.717, 1.165) is 10.0 Å². The average Bonchev–Trinajstić information content (AvgIpc) is 2.23. The molecular weight excluding hydrogens is 316 g/mol. The molecule has 5 heteroatoms. The minimum atomic E-state index is -0.579. The van der Waals surface area contributed by atoms with E-state index in [-0.39, 0.29) is 11.3 Å². The maximum absolute atomic E-state index is 12.0. The summed E-state index contributed by atoms with van der Waals surface area (Å²) >= 11 is 9.43. The Bertz CT molecular complexity index is 469. The molecule has 18 heavy (non-hydrogen) atoms. The average molecular weight is 334 g/mol. The molecule has 0 unspecified atom stereocenters. The zero-order valence-corrected chi connectivity index (χ0v) is 13.3. The Labute approximate surface area is 121 Å². The largest absolute Gasteiger partial charge is 0.324 e. The highest BCUT2D eigenvalue weighted by Gasteiger charge is 2.27. The molecule has 0 fully saturated rings. The number of nitrogens with one attached hydrogen (secondary N) is 1. The smallest absolute Gasteiger partial charge is 0.241 e. The van der Waals surface area contributed by atoms with Crippen molar-refractivity contribution in [3.8, 4) is 0 Å². The number of carbonyl (C=O) groups excluding carboxylic acids is 1. The number of rotatable bonds is 2. The maximum atomic E-state index is 12.0. The van der Waals surface area contributed by atoms with E-state index in [1.54, 1.807) is 6.07 Å². The number of nitrogens with two attached hydrogens (primary N) is 1. The molecule has 1 aromatic rings. The quantitative estimate of drug-likeness (QED) is 0.866. The van der Waals surface area contributed by atoms with E-state index < -0.39 is 6.04 Å². The summed E-state index contributed by atoms with van der Waals surface area (Å²) in [6.07, 6.45) is 0. The van der Waals surface area contributed by atoms with Crippen molar-refractivity contribution in [2.24, 2.45) is 11.1 Å². The van der Waals surface area contributed by atoms with Crippen LogP contribution in [0.4, 0.5) is 5.69 Å². The first kappa shape index (κ1) is 15.5. The van der Waals surface area contributed by atoms with Crippen molar-refractivity contribution < 1.29 is 4.79 Å². The van der Waals surface area contributed by atoms with Gasteiger partial charge in [-0.1, -0.05) is 32.4 Å². The highest BCUT2D eigenvalue weighted by molar-refractivity contribution is 9.10. The number of benzene rings is 1. The van der Waals surface area contributed by atoms with Crippen LogP contribution in [0.3, 0.4) is 0 Å². The zero-order valence-electron chi connectivity index (χ0n) is 11.0. The van der Waals surface area contributed by atoms with Crippen LogP contribution in [0.5, 0.6) is 0 Å². The van der Waals surface area contributed by atoms with Gasteiger partial charge >= 0.3 is 0 Å². The predicted molar refractivity (Wildman–Crippen MR) is 79.9 cm³/mol. The van der Waals surface area contributed by atoms with Crippen LogP contribution in [0.2, 0.25) is 5.02 Å². The first-order valence-electron chi connectivity index (χ1n) is 5.65. The molecule has 100 valence electrons. The molecule has 0 aromatic heterocycles. The van der Waals surface area contributed by atoms with E-state index in [1.165, 1.54) is 0 Å². The first-order valence-corrected chi connectivity index (χ1v) is 6.82. The van der Waals surface area contributed by atoms with Crippen molar-refractivity contribution >= 4 is 39.1 Å². The highest BCUT2D eigenvalue weighted by atomic mass is 79.9. The van der Waals surface area contributed by atoms with Crippen LogP contribution < -0.4 is 11.1 Å². The van der Waals surface area contributed by atoms with Gasteiger partial charge in [0.1, 0.15) is 0 Å². The third-order valence-electron chi connectivity index (χ3n) is 2.72. The van der Waals surface area contributed by atoms with E-state index in [1.807, 2.05) is 33.8 Å². The Morgan fingerprint density at radius 1 is 1.44 bits per heavy atom. The van der Waals surface area contributed by atoms with Crippen molar-refractivity contribution in [3.05, 3.63) is 27.2 Å². The second-order valence-electron chi connectivity index (χ2n) is 5.41. The molecule has 1 rings (SSSR count). The Morgan fingerprint density at radius 3 is 2.50 bits per heavy atom. The SMILES string of the molecule is Cc1cc(Br)c(NC(=O)[C@@H](N)C(C)(C)C)cc1Cl. The van der Waals surface area contributed by atoms with Gasteiger partial charge in [0.05, 0.1) is 11.7 Å². The summed E-state index contributed by atoms with van der Waals surface area (Å²) in [6, 6.07) is 3.00. The topological polar surface area (TPSA) is 55.1 Å². The molecule has 0 bridgehead atoms. The summed E-state index contributed by atoms with van der Waals surface area (Å²) in [6.45, 7) is 7.68. The van der Waals surface area contributed by atoms with Crippen LogP contribution in [0.25, 0.3) is 0 Å². The van der Waals surface area contributed by atoms with Gasteiger partial charge in [0.25, 0.3) is 0 Å². The van der Waals surface area contributed by atoms with Gasteiger partial charge < -0.3 is 11.1 Å². The van der Waals surface area contributed by atoms with Gasteiger partial charge in [-0.05, 0) is 46.0 Å². The minimum Gasteiger partial charge on any atom is -0.324 e. The summed E-state index contributed by atoms with van der Waals surface area (Å²) in [7, 11) is 0. The van der Waals surface area contributed by atoms with Gasteiger partial charge in [0.2, 0.25) is 5.91 Å². The van der Waals surface area contributed by atoms with Crippen molar-refractivity contribution in [2.75, 3.05) is 5.32 Å². The molecule has 1 aromatic carbocycles. The molecule has 0 heterocycles. The fourth-order valence-electron chi connectivity index (χ4n) is 1.35. The second-order valence-corrected chi connectivity index (χ2v) is 6.68. The summed E-state index contributed by atoms with van der Waals surface area (Å²) in [5.74, 6) is -0.219. The van der Waals surface area contributed by atoms with Gasteiger partial charge in [-0.2, -0.15) is 0 Å². The zero-order chi connectivity index (χ0) is 14.1. The van der Waals surface area contributed by atoms with Crippen LogP contribution >= 0.6 is 27.5 Å². The standard InChI is InChI=1S/C13H18BrClN2O/c1-7-5-8(14)10(6-9(7)15)17-12(18)11(16)13(2,3)4/h5-6,11H,16H2,1-4H3,(H,17,18)/t11-/m1/s1. The second kappa shape index (κ2) is 5.59. The summed E-state index contributed by atoms with van der Waals surface area (Å²) in [4.78, 5) is 12.0. The summed E-state index contributed by atoms with van der Waals surface area (Å²) in [5.41, 5.74) is 7.19. The number of carbonyl (C=O) groups is 1. The van der Waals surface area contributed by atoms with Gasteiger partial charge in [0, 0.05) is 9.50 Å². The third kappa shape index (κ3) is 3.70. The van der Waals surface area contributed by atoms with E-state index >= 15 is 0 Å². The number of amides is 1. The van der Waals surface area contributed by atoms with Gasteiger partial charge in [-0.15, -0.1) is 0 Å². The van der Waals surface area contributed by atoms with Crippen molar-refractivity contribution in [3.63, 3.8) is 0 Å².